The Bertz CT molecular complexity index is 981. The molecule has 1 atom stereocenters. The van der Waals surface area contributed by atoms with Crippen LogP contribution in [0, 0.1) is 0 Å². The van der Waals surface area contributed by atoms with Crippen LogP contribution in [0.3, 0.4) is 0 Å². The van der Waals surface area contributed by atoms with Gasteiger partial charge in [0.2, 0.25) is 10.0 Å². The summed E-state index contributed by atoms with van der Waals surface area (Å²) in [5.74, 6) is 0.622. The Morgan fingerprint density at radius 1 is 1.12 bits per heavy atom. The maximum absolute atomic E-state index is 12.5. The Hall–Kier alpha value is -2.59. The van der Waals surface area contributed by atoms with E-state index in [1.54, 1.807) is 24.3 Å². The van der Waals surface area contributed by atoms with Gasteiger partial charge in [0.25, 0.3) is 0 Å². The van der Waals surface area contributed by atoms with Crippen LogP contribution in [0.15, 0.2) is 41.3 Å². The number of fused-ring (bicyclic) bond motifs is 1. The Morgan fingerprint density at radius 2 is 1.81 bits per heavy atom. The van der Waals surface area contributed by atoms with E-state index in [0.29, 0.717) is 29.5 Å². The van der Waals surface area contributed by atoms with Crippen molar-refractivity contribution in [2.45, 2.75) is 31.7 Å². The summed E-state index contributed by atoms with van der Waals surface area (Å²) in [5, 5.41) is 18.7. The zero-order valence-corrected chi connectivity index (χ0v) is 15.7. The van der Waals surface area contributed by atoms with Crippen molar-refractivity contribution in [1.29, 1.82) is 0 Å². The van der Waals surface area contributed by atoms with Crippen molar-refractivity contribution in [2.24, 2.45) is 0 Å². The molecule has 0 bridgehead atoms. The van der Waals surface area contributed by atoms with E-state index in [2.05, 4.69) is 25.9 Å². The standard InChI is InChI=1S/C16H21N7O2S/c1-4-22(5-2)26(24,25)14-8-6-13(7-9-14)12(3)17-15-10-11-16-18-20-21-23(16)19-15/h6-12H,4-5H2,1-3H3,(H,17,19)/t12-/m0/s1. The highest BCUT2D eigenvalue weighted by Crippen LogP contribution is 2.21. The summed E-state index contributed by atoms with van der Waals surface area (Å²) in [5.41, 5.74) is 1.51. The normalized spacial score (nSPS) is 13.2. The van der Waals surface area contributed by atoms with Gasteiger partial charge in [-0.3, -0.25) is 0 Å². The van der Waals surface area contributed by atoms with Crippen LogP contribution in [0.25, 0.3) is 5.65 Å². The molecule has 3 rings (SSSR count). The average molecular weight is 375 g/mol. The number of anilines is 1. The first-order valence-electron chi connectivity index (χ1n) is 8.37. The Balaban J connectivity index is 1.77. The number of tetrazole rings is 1. The number of nitrogens with one attached hydrogen (secondary N) is 1. The average Bonchev–Trinajstić information content (AvgIpc) is 3.10. The van der Waals surface area contributed by atoms with Gasteiger partial charge in [0.15, 0.2) is 5.65 Å². The van der Waals surface area contributed by atoms with Crippen molar-refractivity contribution in [3.63, 3.8) is 0 Å². The third-order valence-corrected chi connectivity index (χ3v) is 6.22. The summed E-state index contributed by atoms with van der Waals surface area (Å²) < 4.78 is 27.9. The van der Waals surface area contributed by atoms with Crippen molar-refractivity contribution in [2.75, 3.05) is 18.4 Å². The fourth-order valence-corrected chi connectivity index (χ4v) is 4.13. The van der Waals surface area contributed by atoms with Crippen molar-refractivity contribution >= 4 is 21.5 Å². The van der Waals surface area contributed by atoms with E-state index in [9.17, 15) is 8.42 Å². The predicted octanol–water partition coefficient (Wildman–Crippen LogP) is 1.72. The highest BCUT2D eigenvalue weighted by Gasteiger charge is 2.21. The molecule has 0 saturated carbocycles. The number of hydrogen-bond donors (Lipinski definition) is 1. The fourth-order valence-electron chi connectivity index (χ4n) is 2.67. The lowest BCUT2D eigenvalue weighted by atomic mass is 10.1. The summed E-state index contributed by atoms with van der Waals surface area (Å²) in [6.45, 7) is 6.53. The number of hydrogen-bond acceptors (Lipinski definition) is 7. The summed E-state index contributed by atoms with van der Waals surface area (Å²) in [6.07, 6.45) is 0. The van der Waals surface area contributed by atoms with Crippen LogP contribution in [0.1, 0.15) is 32.4 Å². The van der Waals surface area contributed by atoms with E-state index in [1.807, 2.05) is 32.9 Å². The molecule has 26 heavy (non-hydrogen) atoms. The van der Waals surface area contributed by atoms with Crippen molar-refractivity contribution in [1.82, 2.24) is 29.6 Å². The molecule has 10 heteroatoms. The molecule has 0 saturated heterocycles. The van der Waals surface area contributed by atoms with Crippen LogP contribution in [-0.4, -0.2) is 51.1 Å². The van der Waals surface area contributed by atoms with Crippen molar-refractivity contribution in [3.8, 4) is 0 Å². The first kappa shape index (κ1) is 18.2. The number of sulfonamides is 1. The third-order valence-electron chi connectivity index (χ3n) is 4.16. The number of nitrogens with zero attached hydrogens (tertiary/aromatic N) is 6. The molecule has 0 aliphatic heterocycles. The molecular formula is C16H21N7O2S. The van der Waals surface area contributed by atoms with Gasteiger partial charge in [0.05, 0.1) is 4.90 Å². The first-order valence-corrected chi connectivity index (χ1v) is 9.81. The second kappa shape index (κ2) is 7.34. The lowest BCUT2D eigenvalue weighted by Gasteiger charge is -2.19. The minimum absolute atomic E-state index is 0.0679. The highest BCUT2D eigenvalue weighted by atomic mass is 32.2. The van der Waals surface area contributed by atoms with Gasteiger partial charge < -0.3 is 5.32 Å². The van der Waals surface area contributed by atoms with Crippen molar-refractivity contribution in [3.05, 3.63) is 42.0 Å². The molecule has 0 radical (unpaired) electrons. The molecule has 0 unspecified atom stereocenters. The first-order chi connectivity index (χ1) is 12.5. The van der Waals surface area contributed by atoms with E-state index < -0.39 is 10.0 Å². The summed E-state index contributed by atoms with van der Waals surface area (Å²) in [4.78, 5) is 0.297. The molecule has 1 aromatic carbocycles. The minimum atomic E-state index is -3.45. The lowest BCUT2D eigenvalue weighted by molar-refractivity contribution is 0.445. The molecular weight excluding hydrogens is 354 g/mol. The van der Waals surface area contributed by atoms with Gasteiger partial charge in [-0.15, -0.1) is 14.8 Å². The quantitative estimate of drug-likeness (QED) is 0.670. The van der Waals surface area contributed by atoms with Gasteiger partial charge in [-0.25, -0.2) is 8.42 Å². The number of aromatic nitrogens is 5. The summed E-state index contributed by atoms with van der Waals surface area (Å²) in [6, 6.07) is 10.4. The number of benzene rings is 1. The Kier molecular flexibility index (Phi) is 5.14. The van der Waals surface area contributed by atoms with Gasteiger partial charge in [-0.2, -0.15) is 4.31 Å². The molecule has 0 amide bonds. The SMILES string of the molecule is CCN(CC)S(=O)(=O)c1ccc([C@H](C)Nc2ccc3nnnn3n2)cc1. The molecule has 2 aromatic heterocycles. The highest BCUT2D eigenvalue weighted by molar-refractivity contribution is 7.89. The number of rotatable bonds is 7. The fraction of sp³-hybridized carbons (Fsp3) is 0.375. The van der Waals surface area contributed by atoms with Crippen LogP contribution >= 0.6 is 0 Å². The maximum Gasteiger partial charge on any atom is 0.243 e. The van der Waals surface area contributed by atoms with Crippen LogP contribution in [0.2, 0.25) is 0 Å². The van der Waals surface area contributed by atoms with Gasteiger partial charge in [0, 0.05) is 19.1 Å². The summed E-state index contributed by atoms with van der Waals surface area (Å²) >= 11 is 0. The Labute approximate surface area is 152 Å². The monoisotopic (exact) mass is 375 g/mol. The van der Waals surface area contributed by atoms with Gasteiger partial charge in [-0.05, 0) is 47.2 Å². The van der Waals surface area contributed by atoms with E-state index in [0.717, 1.165) is 5.56 Å². The minimum Gasteiger partial charge on any atom is -0.362 e. The second-order valence-corrected chi connectivity index (χ2v) is 7.71. The molecule has 2 heterocycles. The largest absolute Gasteiger partial charge is 0.362 e. The van der Waals surface area contributed by atoms with Gasteiger partial charge in [0.1, 0.15) is 5.82 Å². The van der Waals surface area contributed by atoms with E-state index >= 15 is 0 Å². The zero-order chi connectivity index (χ0) is 18.7. The van der Waals surface area contributed by atoms with Crippen LogP contribution in [0.5, 0.6) is 0 Å². The molecule has 138 valence electrons. The molecule has 9 nitrogen and oxygen atoms in total. The predicted molar refractivity (Wildman–Crippen MR) is 97.2 cm³/mol. The topological polar surface area (TPSA) is 105 Å². The van der Waals surface area contributed by atoms with E-state index in [-0.39, 0.29) is 6.04 Å². The molecule has 0 spiro atoms. The summed E-state index contributed by atoms with van der Waals surface area (Å²) in [7, 11) is -3.45. The van der Waals surface area contributed by atoms with E-state index in [1.165, 1.54) is 8.94 Å². The van der Waals surface area contributed by atoms with Crippen LogP contribution in [-0.2, 0) is 10.0 Å². The molecule has 0 fully saturated rings. The molecule has 0 aliphatic rings. The van der Waals surface area contributed by atoms with Crippen molar-refractivity contribution < 1.29 is 8.42 Å². The van der Waals surface area contributed by atoms with Gasteiger partial charge in [-0.1, -0.05) is 26.0 Å². The smallest absolute Gasteiger partial charge is 0.243 e. The Morgan fingerprint density at radius 3 is 2.46 bits per heavy atom. The molecule has 1 N–H and O–H groups in total. The second-order valence-electron chi connectivity index (χ2n) is 5.77. The lowest BCUT2D eigenvalue weighted by Crippen LogP contribution is -2.30. The molecule has 3 aromatic rings. The zero-order valence-electron chi connectivity index (χ0n) is 14.9. The third kappa shape index (κ3) is 3.51. The molecule has 0 aliphatic carbocycles. The van der Waals surface area contributed by atoms with Crippen LogP contribution in [0.4, 0.5) is 5.82 Å². The van der Waals surface area contributed by atoms with Crippen LogP contribution < -0.4 is 5.32 Å². The maximum atomic E-state index is 12.5. The van der Waals surface area contributed by atoms with E-state index in [4.69, 9.17) is 0 Å². The van der Waals surface area contributed by atoms with Gasteiger partial charge >= 0.3 is 0 Å².